The molecule has 0 aromatic heterocycles. The SMILES string of the molecule is Br.CCCCC(P)(Oc1ccccc1)Oc1ccccc1. The lowest BCUT2D eigenvalue weighted by Gasteiger charge is -2.31. The molecular formula is C17H22BrO2P. The van der Waals surface area contributed by atoms with E-state index in [1.54, 1.807) is 0 Å². The molecular weight excluding hydrogens is 347 g/mol. The van der Waals surface area contributed by atoms with E-state index in [-0.39, 0.29) is 17.0 Å². The van der Waals surface area contributed by atoms with Crippen molar-refractivity contribution in [2.24, 2.45) is 0 Å². The number of unbranched alkanes of at least 4 members (excludes halogenated alkanes) is 1. The summed E-state index contributed by atoms with van der Waals surface area (Å²) >= 11 is 0. The highest BCUT2D eigenvalue weighted by atomic mass is 79.9. The first kappa shape index (κ1) is 18.0. The van der Waals surface area contributed by atoms with Crippen LogP contribution in [0, 0.1) is 0 Å². The van der Waals surface area contributed by atoms with Gasteiger partial charge in [0.2, 0.25) is 0 Å². The predicted octanol–water partition coefficient (Wildman–Crippen LogP) is 5.44. The number of rotatable bonds is 7. The molecule has 0 aliphatic heterocycles. The van der Waals surface area contributed by atoms with Crippen molar-refractivity contribution >= 4 is 26.2 Å². The van der Waals surface area contributed by atoms with Crippen LogP contribution >= 0.6 is 26.2 Å². The first-order chi connectivity index (χ1) is 9.72. The van der Waals surface area contributed by atoms with Crippen LogP contribution in [0.25, 0.3) is 0 Å². The summed E-state index contributed by atoms with van der Waals surface area (Å²) in [6.07, 6.45) is 2.97. The van der Waals surface area contributed by atoms with E-state index in [1.165, 1.54) is 0 Å². The molecule has 0 saturated carbocycles. The van der Waals surface area contributed by atoms with Gasteiger partial charge >= 0.3 is 0 Å². The van der Waals surface area contributed by atoms with Crippen molar-refractivity contribution in [2.45, 2.75) is 31.7 Å². The summed E-state index contributed by atoms with van der Waals surface area (Å²) in [5.74, 6) is 1.63. The Morgan fingerprint density at radius 1 is 0.857 bits per heavy atom. The van der Waals surface area contributed by atoms with Gasteiger partial charge in [-0.2, -0.15) is 0 Å². The van der Waals surface area contributed by atoms with Crippen LogP contribution in [0.1, 0.15) is 26.2 Å². The van der Waals surface area contributed by atoms with Crippen LogP contribution in [0.5, 0.6) is 11.5 Å². The van der Waals surface area contributed by atoms with E-state index in [2.05, 4.69) is 16.2 Å². The van der Waals surface area contributed by atoms with Crippen molar-refractivity contribution in [3.63, 3.8) is 0 Å². The Morgan fingerprint density at radius 2 is 1.29 bits per heavy atom. The Bertz CT molecular complexity index is 463. The molecule has 2 nitrogen and oxygen atoms in total. The molecule has 0 N–H and O–H groups in total. The summed E-state index contributed by atoms with van der Waals surface area (Å²) in [7, 11) is 2.72. The molecule has 1 atom stereocenters. The minimum atomic E-state index is -0.723. The second-order valence-corrected chi connectivity index (χ2v) is 5.63. The monoisotopic (exact) mass is 368 g/mol. The van der Waals surface area contributed by atoms with Gasteiger partial charge < -0.3 is 9.47 Å². The maximum Gasteiger partial charge on any atom is 0.262 e. The van der Waals surface area contributed by atoms with Gasteiger partial charge in [0.25, 0.3) is 5.53 Å². The number of hydrogen-bond acceptors (Lipinski definition) is 2. The lowest BCUT2D eigenvalue weighted by atomic mass is 10.2. The first-order valence-corrected chi connectivity index (χ1v) is 7.56. The second-order valence-electron chi connectivity index (χ2n) is 4.75. The molecule has 4 heteroatoms. The Hall–Kier alpha value is -1.05. The fourth-order valence-corrected chi connectivity index (χ4v) is 2.40. The van der Waals surface area contributed by atoms with Gasteiger partial charge in [-0.3, -0.25) is 0 Å². The molecule has 2 aromatic rings. The van der Waals surface area contributed by atoms with E-state index < -0.39 is 5.53 Å². The lowest BCUT2D eigenvalue weighted by molar-refractivity contribution is -0.0384. The predicted molar refractivity (Wildman–Crippen MR) is 96.4 cm³/mol. The number of para-hydroxylation sites is 2. The minimum absolute atomic E-state index is 0. The topological polar surface area (TPSA) is 18.5 Å². The molecule has 0 radical (unpaired) electrons. The summed E-state index contributed by atoms with van der Waals surface area (Å²) in [5, 5.41) is 0. The molecule has 0 amide bonds. The first-order valence-electron chi connectivity index (χ1n) is 6.99. The minimum Gasteiger partial charge on any atom is -0.449 e. The van der Waals surface area contributed by atoms with Gasteiger partial charge in [0, 0.05) is 6.42 Å². The molecule has 0 aliphatic carbocycles. The van der Waals surface area contributed by atoms with Crippen LogP contribution in [0.4, 0.5) is 0 Å². The van der Waals surface area contributed by atoms with Crippen molar-refractivity contribution in [1.82, 2.24) is 0 Å². The zero-order chi connectivity index (χ0) is 14.3. The fraction of sp³-hybridized carbons (Fsp3) is 0.294. The van der Waals surface area contributed by atoms with Crippen LogP contribution in [-0.4, -0.2) is 5.53 Å². The highest BCUT2D eigenvalue weighted by molar-refractivity contribution is 8.93. The van der Waals surface area contributed by atoms with Crippen LogP contribution in [-0.2, 0) is 0 Å². The third-order valence-corrected chi connectivity index (χ3v) is 3.47. The van der Waals surface area contributed by atoms with E-state index in [0.29, 0.717) is 0 Å². The summed E-state index contributed by atoms with van der Waals surface area (Å²) in [5.41, 5.74) is -0.723. The molecule has 21 heavy (non-hydrogen) atoms. The molecule has 2 rings (SSSR count). The third-order valence-electron chi connectivity index (χ3n) is 2.95. The highest BCUT2D eigenvalue weighted by Gasteiger charge is 2.28. The average Bonchev–Trinajstić information content (AvgIpc) is 2.47. The second kappa shape index (κ2) is 9.07. The number of hydrogen-bond donors (Lipinski definition) is 0. The molecule has 114 valence electrons. The maximum absolute atomic E-state index is 6.05. The van der Waals surface area contributed by atoms with Crippen molar-refractivity contribution in [3.8, 4) is 11.5 Å². The van der Waals surface area contributed by atoms with Crippen LogP contribution in [0.3, 0.4) is 0 Å². The molecule has 0 spiro atoms. The van der Waals surface area contributed by atoms with Gasteiger partial charge in [-0.15, -0.1) is 17.0 Å². The summed E-state index contributed by atoms with van der Waals surface area (Å²) < 4.78 is 12.1. The molecule has 0 saturated heterocycles. The Kier molecular flexibility index (Phi) is 7.77. The van der Waals surface area contributed by atoms with Crippen LogP contribution in [0.15, 0.2) is 60.7 Å². The molecule has 1 unspecified atom stereocenters. The van der Waals surface area contributed by atoms with Crippen LogP contribution in [0.2, 0.25) is 0 Å². The highest BCUT2D eigenvalue weighted by Crippen LogP contribution is 2.32. The summed E-state index contributed by atoms with van der Waals surface area (Å²) in [6.45, 7) is 2.16. The Morgan fingerprint density at radius 3 is 1.67 bits per heavy atom. The van der Waals surface area contributed by atoms with Gasteiger partial charge in [-0.25, -0.2) is 0 Å². The van der Waals surface area contributed by atoms with Gasteiger partial charge in [0.15, 0.2) is 0 Å². The summed E-state index contributed by atoms with van der Waals surface area (Å²) in [4.78, 5) is 0. The number of halogens is 1. The van der Waals surface area contributed by atoms with E-state index in [1.807, 2.05) is 60.7 Å². The molecule has 0 bridgehead atoms. The quantitative estimate of drug-likeness (QED) is 0.478. The van der Waals surface area contributed by atoms with Crippen molar-refractivity contribution in [1.29, 1.82) is 0 Å². The van der Waals surface area contributed by atoms with Crippen molar-refractivity contribution in [3.05, 3.63) is 60.7 Å². The number of benzene rings is 2. The number of ether oxygens (including phenoxy) is 2. The van der Waals surface area contributed by atoms with E-state index in [9.17, 15) is 0 Å². The van der Waals surface area contributed by atoms with Crippen LogP contribution < -0.4 is 9.47 Å². The third kappa shape index (κ3) is 6.07. The largest absolute Gasteiger partial charge is 0.449 e. The van der Waals surface area contributed by atoms with Crippen molar-refractivity contribution in [2.75, 3.05) is 0 Å². The molecule has 2 aromatic carbocycles. The zero-order valence-corrected chi connectivity index (χ0v) is 15.1. The normalized spacial score (nSPS) is 10.6. The van der Waals surface area contributed by atoms with Gasteiger partial charge in [0.05, 0.1) is 0 Å². The Labute approximate surface area is 139 Å². The van der Waals surface area contributed by atoms with Gasteiger partial charge in [-0.05, 0) is 39.9 Å². The van der Waals surface area contributed by atoms with E-state index in [0.717, 1.165) is 30.8 Å². The maximum atomic E-state index is 6.05. The van der Waals surface area contributed by atoms with Gasteiger partial charge in [-0.1, -0.05) is 49.7 Å². The fourth-order valence-electron chi connectivity index (χ4n) is 1.92. The zero-order valence-electron chi connectivity index (χ0n) is 12.2. The Balaban J connectivity index is 0.00000220. The standard InChI is InChI=1S/C17H21O2P.BrH/c1-2-3-14-17(20,18-15-10-6-4-7-11-15)19-16-12-8-5-9-13-16;/h4-13H,2-3,14,20H2,1H3;1H. The smallest absolute Gasteiger partial charge is 0.262 e. The summed E-state index contributed by atoms with van der Waals surface area (Å²) in [6, 6.07) is 19.6. The lowest BCUT2D eigenvalue weighted by Crippen LogP contribution is -2.35. The molecule has 0 heterocycles. The molecule has 0 aliphatic rings. The van der Waals surface area contributed by atoms with Gasteiger partial charge in [0.1, 0.15) is 11.5 Å². The average molecular weight is 369 g/mol. The van der Waals surface area contributed by atoms with E-state index in [4.69, 9.17) is 9.47 Å². The van der Waals surface area contributed by atoms with Crippen molar-refractivity contribution < 1.29 is 9.47 Å². The van der Waals surface area contributed by atoms with E-state index >= 15 is 0 Å². The molecule has 0 fully saturated rings.